The average Bonchev–Trinajstić information content (AvgIpc) is 2.46. The highest BCUT2D eigenvalue weighted by molar-refractivity contribution is 5.95. The summed E-state index contributed by atoms with van der Waals surface area (Å²) in [5.74, 6) is -0.708. The van der Waals surface area contributed by atoms with Crippen LogP contribution in [-0.2, 0) is 9.53 Å². The van der Waals surface area contributed by atoms with Gasteiger partial charge in [-0.3, -0.25) is 4.79 Å². The maximum absolute atomic E-state index is 11.6. The van der Waals surface area contributed by atoms with Crippen molar-refractivity contribution < 1.29 is 19.1 Å². The number of ether oxygens (including phenoxy) is 2. The molecule has 0 saturated carbocycles. The average molecular weight is 277 g/mol. The SMILES string of the molecule is CCOC(=O)c1ccc(NC(=O)CN)c(OCC#N)c1. The molecule has 0 aliphatic rings. The summed E-state index contributed by atoms with van der Waals surface area (Å²) in [6.45, 7) is 1.55. The first kappa shape index (κ1) is 15.5. The van der Waals surface area contributed by atoms with Crippen LogP contribution in [0.25, 0.3) is 0 Å². The fraction of sp³-hybridized carbons (Fsp3) is 0.308. The van der Waals surface area contributed by atoms with Crippen LogP contribution in [-0.4, -0.2) is 31.6 Å². The van der Waals surface area contributed by atoms with Crippen molar-refractivity contribution in [2.75, 3.05) is 25.1 Å². The summed E-state index contributed by atoms with van der Waals surface area (Å²) < 4.78 is 10.0. The molecule has 3 N–H and O–H groups in total. The van der Waals surface area contributed by atoms with Gasteiger partial charge in [-0.1, -0.05) is 0 Å². The van der Waals surface area contributed by atoms with Gasteiger partial charge in [-0.25, -0.2) is 4.79 Å². The van der Waals surface area contributed by atoms with Gasteiger partial charge < -0.3 is 20.5 Å². The lowest BCUT2D eigenvalue weighted by atomic mass is 10.2. The number of nitrogens with zero attached hydrogens (tertiary/aromatic N) is 1. The normalized spacial score (nSPS) is 9.45. The van der Waals surface area contributed by atoms with Crippen molar-refractivity contribution in [3.8, 4) is 11.8 Å². The number of anilines is 1. The molecular weight excluding hydrogens is 262 g/mol. The van der Waals surface area contributed by atoms with Gasteiger partial charge in [0.1, 0.15) is 11.8 Å². The zero-order valence-electron chi connectivity index (χ0n) is 11.0. The summed E-state index contributed by atoms with van der Waals surface area (Å²) in [7, 11) is 0. The van der Waals surface area contributed by atoms with Crippen LogP contribution < -0.4 is 15.8 Å². The summed E-state index contributed by atoms with van der Waals surface area (Å²) in [5.41, 5.74) is 5.81. The van der Waals surface area contributed by atoms with Crippen LogP contribution in [0, 0.1) is 11.3 Å². The van der Waals surface area contributed by atoms with E-state index in [1.807, 2.05) is 6.07 Å². The van der Waals surface area contributed by atoms with Gasteiger partial charge in [0.25, 0.3) is 0 Å². The van der Waals surface area contributed by atoms with E-state index in [1.54, 1.807) is 6.92 Å². The van der Waals surface area contributed by atoms with E-state index in [1.165, 1.54) is 18.2 Å². The Bertz CT molecular complexity index is 537. The molecule has 1 amide bonds. The van der Waals surface area contributed by atoms with Gasteiger partial charge in [-0.2, -0.15) is 5.26 Å². The quantitative estimate of drug-likeness (QED) is 0.738. The van der Waals surface area contributed by atoms with Crippen LogP contribution in [0.4, 0.5) is 5.69 Å². The minimum absolute atomic E-state index is 0.183. The van der Waals surface area contributed by atoms with E-state index in [2.05, 4.69) is 5.32 Å². The predicted octanol–water partition coefficient (Wildman–Crippen LogP) is 0.663. The highest BCUT2D eigenvalue weighted by Gasteiger charge is 2.13. The van der Waals surface area contributed by atoms with Gasteiger partial charge in [-0.05, 0) is 25.1 Å². The molecule has 0 unspecified atom stereocenters. The molecule has 7 nitrogen and oxygen atoms in total. The minimum atomic E-state index is -0.508. The summed E-state index contributed by atoms with van der Waals surface area (Å²) >= 11 is 0. The van der Waals surface area contributed by atoms with Gasteiger partial charge in [0.2, 0.25) is 5.91 Å². The number of benzene rings is 1. The topological polar surface area (TPSA) is 114 Å². The number of esters is 1. The van der Waals surface area contributed by atoms with Gasteiger partial charge >= 0.3 is 5.97 Å². The van der Waals surface area contributed by atoms with Crippen LogP contribution in [0.5, 0.6) is 5.75 Å². The molecule has 1 aromatic carbocycles. The van der Waals surface area contributed by atoms with Crippen LogP contribution in [0.15, 0.2) is 18.2 Å². The molecule has 106 valence electrons. The molecule has 0 aliphatic heterocycles. The third kappa shape index (κ3) is 4.26. The second kappa shape index (κ2) is 7.76. The molecule has 0 aromatic heterocycles. The van der Waals surface area contributed by atoms with Gasteiger partial charge in [-0.15, -0.1) is 0 Å². The van der Waals surface area contributed by atoms with Crippen molar-refractivity contribution in [1.29, 1.82) is 5.26 Å². The zero-order valence-corrected chi connectivity index (χ0v) is 11.0. The Morgan fingerprint density at radius 2 is 2.20 bits per heavy atom. The highest BCUT2D eigenvalue weighted by atomic mass is 16.5. The van der Waals surface area contributed by atoms with E-state index in [0.717, 1.165) is 0 Å². The van der Waals surface area contributed by atoms with Crippen LogP contribution >= 0.6 is 0 Å². The smallest absolute Gasteiger partial charge is 0.338 e. The van der Waals surface area contributed by atoms with E-state index in [9.17, 15) is 9.59 Å². The van der Waals surface area contributed by atoms with Crippen molar-refractivity contribution in [3.63, 3.8) is 0 Å². The molecule has 20 heavy (non-hydrogen) atoms. The summed E-state index contributed by atoms with van der Waals surface area (Å²) in [4.78, 5) is 22.9. The Hall–Kier alpha value is -2.59. The maximum atomic E-state index is 11.6. The highest BCUT2D eigenvalue weighted by Crippen LogP contribution is 2.26. The van der Waals surface area contributed by atoms with Crippen molar-refractivity contribution >= 4 is 17.6 Å². The molecule has 0 atom stereocenters. The standard InChI is InChI=1S/C13H15N3O4/c1-2-19-13(18)9-3-4-10(16-12(17)8-15)11(7-9)20-6-5-14/h3-4,7H,2,6,8,15H2,1H3,(H,16,17). The predicted molar refractivity (Wildman–Crippen MR) is 71.2 cm³/mol. The van der Waals surface area contributed by atoms with Crippen molar-refractivity contribution in [2.45, 2.75) is 6.92 Å². The molecule has 0 bridgehead atoms. The fourth-order valence-electron chi connectivity index (χ4n) is 1.40. The summed E-state index contributed by atoms with van der Waals surface area (Å²) in [6, 6.07) is 6.20. The van der Waals surface area contributed by atoms with Crippen molar-refractivity contribution in [1.82, 2.24) is 0 Å². The Morgan fingerprint density at radius 3 is 2.80 bits per heavy atom. The Labute approximate surface area is 116 Å². The van der Waals surface area contributed by atoms with E-state index >= 15 is 0 Å². The number of carbonyl (C=O) groups is 2. The summed E-state index contributed by atoms with van der Waals surface area (Å²) in [5, 5.41) is 11.1. The third-order valence-electron chi connectivity index (χ3n) is 2.24. The number of nitrogens with two attached hydrogens (primary N) is 1. The first-order valence-corrected chi connectivity index (χ1v) is 5.93. The molecule has 7 heteroatoms. The van der Waals surface area contributed by atoms with Gasteiger partial charge in [0.15, 0.2) is 6.61 Å². The van der Waals surface area contributed by atoms with E-state index < -0.39 is 11.9 Å². The number of hydrogen-bond donors (Lipinski definition) is 2. The van der Waals surface area contributed by atoms with Crippen molar-refractivity contribution in [3.05, 3.63) is 23.8 Å². The molecule has 0 spiro atoms. The monoisotopic (exact) mass is 277 g/mol. The van der Waals surface area contributed by atoms with Crippen LogP contribution in [0.2, 0.25) is 0 Å². The molecule has 0 radical (unpaired) electrons. The van der Waals surface area contributed by atoms with Gasteiger partial charge in [0, 0.05) is 0 Å². The van der Waals surface area contributed by atoms with Crippen molar-refractivity contribution in [2.24, 2.45) is 5.73 Å². The van der Waals surface area contributed by atoms with Crippen LogP contribution in [0.3, 0.4) is 0 Å². The van der Waals surface area contributed by atoms with Crippen LogP contribution in [0.1, 0.15) is 17.3 Å². The summed E-state index contributed by atoms with van der Waals surface area (Å²) in [6.07, 6.45) is 0. The molecule has 0 heterocycles. The minimum Gasteiger partial charge on any atom is -0.477 e. The number of carbonyl (C=O) groups excluding carboxylic acids is 2. The molecular formula is C13H15N3O4. The van der Waals surface area contributed by atoms with Gasteiger partial charge in [0.05, 0.1) is 24.4 Å². The molecule has 0 saturated heterocycles. The largest absolute Gasteiger partial charge is 0.477 e. The lowest BCUT2D eigenvalue weighted by Gasteiger charge is -2.12. The fourth-order valence-corrected chi connectivity index (χ4v) is 1.40. The number of nitrogens with one attached hydrogen (secondary N) is 1. The van der Waals surface area contributed by atoms with E-state index in [4.69, 9.17) is 20.5 Å². The third-order valence-corrected chi connectivity index (χ3v) is 2.24. The zero-order chi connectivity index (χ0) is 15.0. The Morgan fingerprint density at radius 1 is 1.45 bits per heavy atom. The first-order valence-electron chi connectivity index (χ1n) is 5.93. The Kier molecular flexibility index (Phi) is 6.00. The Balaban J connectivity index is 3.02. The number of hydrogen-bond acceptors (Lipinski definition) is 6. The first-order chi connectivity index (χ1) is 9.62. The number of rotatable bonds is 6. The second-order valence-electron chi connectivity index (χ2n) is 3.63. The molecule has 1 aromatic rings. The maximum Gasteiger partial charge on any atom is 0.338 e. The van der Waals surface area contributed by atoms with E-state index in [-0.39, 0.29) is 31.1 Å². The molecule has 0 fully saturated rings. The lowest BCUT2D eigenvalue weighted by Crippen LogP contribution is -2.22. The molecule has 1 rings (SSSR count). The lowest BCUT2D eigenvalue weighted by molar-refractivity contribution is -0.114. The number of amides is 1. The molecule has 0 aliphatic carbocycles. The second-order valence-corrected chi connectivity index (χ2v) is 3.63. The van der Waals surface area contributed by atoms with E-state index in [0.29, 0.717) is 5.69 Å². The number of nitriles is 1.